The maximum atomic E-state index is 12.7. The molecule has 2 unspecified atom stereocenters. The standard InChI is InChI=1S/C18H18F3N5O3/c1-24-15(27)13(5-23-17(24)29)16(28)26-8-10-6-25(7-11(10)9-26)14-3-2-12(4-22-14)18(19,20)21/h2-5,10-11H,6-9H2,1H3,(H,23,29). The van der Waals surface area contributed by atoms with E-state index in [0.717, 1.165) is 23.0 Å². The second kappa shape index (κ2) is 6.75. The summed E-state index contributed by atoms with van der Waals surface area (Å²) in [4.78, 5) is 46.1. The number of aromatic amines is 1. The molecule has 154 valence electrons. The molecule has 8 nitrogen and oxygen atoms in total. The highest BCUT2D eigenvalue weighted by atomic mass is 19.4. The van der Waals surface area contributed by atoms with E-state index in [4.69, 9.17) is 0 Å². The van der Waals surface area contributed by atoms with Gasteiger partial charge in [0.25, 0.3) is 11.5 Å². The maximum Gasteiger partial charge on any atom is 0.417 e. The summed E-state index contributed by atoms with van der Waals surface area (Å²) >= 11 is 0. The van der Waals surface area contributed by atoms with Crippen molar-refractivity contribution in [1.82, 2.24) is 19.4 Å². The monoisotopic (exact) mass is 409 g/mol. The first-order valence-corrected chi connectivity index (χ1v) is 9.01. The first kappa shape index (κ1) is 19.2. The van der Waals surface area contributed by atoms with Crippen LogP contribution in [-0.4, -0.2) is 51.5 Å². The highest BCUT2D eigenvalue weighted by molar-refractivity contribution is 5.93. The number of hydrogen-bond donors (Lipinski definition) is 1. The zero-order chi connectivity index (χ0) is 20.9. The molecule has 2 atom stereocenters. The zero-order valence-corrected chi connectivity index (χ0v) is 15.4. The van der Waals surface area contributed by atoms with E-state index in [0.29, 0.717) is 32.0 Å². The van der Waals surface area contributed by atoms with Gasteiger partial charge in [0.1, 0.15) is 11.4 Å². The number of hydrogen-bond acceptors (Lipinski definition) is 5. The molecule has 2 aliphatic heterocycles. The van der Waals surface area contributed by atoms with Crippen LogP contribution in [0.2, 0.25) is 0 Å². The molecule has 2 aromatic rings. The molecule has 2 aromatic heterocycles. The fraction of sp³-hybridized carbons (Fsp3) is 0.444. The normalized spacial score (nSPS) is 21.5. The van der Waals surface area contributed by atoms with E-state index in [9.17, 15) is 27.6 Å². The fourth-order valence-electron chi connectivity index (χ4n) is 3.98. The van der Waals surface area contributed by atoms with Crippen molar-refractivity contribution >= 4 is 11.7 Å². The van der Waals surface area contributed by atoms with Gasteiger partial charge in [-0.1, -0.05) is 0 Å². The number of carbonyl (C=O) groups is 1. The molecule has 0 saturated carbocycles. The van der Waals surface area contributed by atoms with E-state index >= 15 is 0 Å². The number of rotatable bonds is 2. The predicted molar refractivity (Wildman–Crippen MR) is 96.6 cm³/mol. The topological polar surface area (TPSA) is 91.3 Å². The second-order valence-corrected chi connectivity index (χ2v) is 7.41. The van der Waals surface area contributed by atoms with Crippen LogP contribution in [0.25, 0.3) is 0 Å². The number of alkyl halides is 3. The summed E-state index contributed by atoms with van der Waals surface area (Å²) in [6.07, 6.45) is -2.46. The lowest BCUT2D eigenvalue weighted by Gasteiger charge is -2.22. The van der Waals surface area contributed by atoms with Crippen LogP contribution in [0.1, 0.15) is 15.9 Å². The van der Waals surface area contributed by atoms with Crippen molar-refractivity contribution in [2.24, 2.45) is 18.9 Å². The lowest BCUT2D eigenvalue weighted by molar-refractivity contribution is -0.137. The van der Waals surface area contributed by atoms with E-state index in [1.54, 1.807) is 4.90 Å². The number of H-pyrrole nitrogens is 1. The molecular weight excluding hydrogens is 391 g/mol. The summed E-state index contributed by atoms with van der Waals surface area (Å²) in [5, 5.41) is 0. The van der Waals surface area contributed by atoms with Crippen molar-refractivity contribution in [3.8, 4) is 0 Å². The molecule has 11 heteroatoms. The van der Waals surface area contributed by atoms with E-state index < -0.39 is 28.9 Å². The number of pyridine rings is 1. The molecule has 1 amide bonds. The summed E-state index contributed by atoms with van der Waals surface area (Å²) in [5.41, 5.74) is -2.12. The Morgan fingerprint density at radius 3 is 2.34 bits per heavy atom. The van der Waals surface area contributed by atoms with Gasteiger partial charge < -0.3 is 14.8 Å². The second-order valence-electron chi connectivity index (χ2n) is 7.41. The molecule has 2 fully saturated rings. The molecule has 2 saturated heterocycles. The number of nitrogens with zero attached hydrogens (tertiary/aromatic N) is 4. The van der Waals surface area contributed by atoms with Crippen LogP contribution in [0.3, 0.4) is 0 Å². The first-order chi connectivity index (χ1) is 13.6. The number of amides is 1. The Bertz CT molecular complexity index is 1050. The quantitative estimate of drug-likeness (QED) is 0.789. The summed E-state index contributed by atoms with van der Waals surface area (Å²) in [7, 11) is 1.30. The number of fused-ring (bicyclic) bond motifs is 1. The molecular formula is C18H18F3N5O3. The van der Waals surface area contributed by atoms with Gasteiger partial charge in [0, 0.05) is 57.5 Å². The lowest BCUT2D eigenvalue weighted by atomic mass is 10.0. The van der Waals surface area contributed by atoms with E-state index in [-0.39, 0.29) is 17.4 Å². The van der Waals surface area contributed by atoms with Gasteiger partial charge in [-0.2, -0.15) is 13.2 Å². The molecule has 0 radical (unpaired) electrons. The molecule has 0 spiro atoms. The van der Waals surface area contributed by atoms with Gasteiger partial charge >= 0.3 is 11.9 Å². The van der Waals surface area contributed by atoms with Gasteiger partial charge in [-0.05, 0) is 12.1 Å². The van der Waals surface area contributed by atoms with Gasteiger partial charge in [-0.3, -0.25) is 14.2 Å². The molecule has 0 aliphatic carbocycles. The van der Waals surface area contributed by atoms with Crippen molar-refractivity contribution in [2.45, 2.75) is 6.18 Å². The first-order valence-electron chi connectivity index (χ1n) is 9.01. The third kappa shape index (κ3) is 3.40. The number of nitrogens with one attached hydrogen (secondary N) is 1. The smallest absolute Gasteiger partial charge is 0.356 e. The van der Waals surface area contributed by atoms with Crippen LogP contribution in [0.15, 0.2) is 34.1 Å². The summed E-state index contributed by atoms with van der Waals surface area (Å²) < 4.78 is 38.9. The van der Waals surface area contributed by atoms with Gasteiger partial charge in [-0.25, -0.2) is 9.78 Å². The number of carbonyl (C=O) groups excluding carboxylic acids is 1. The van der Waals surface area contributed by atoms with Crippen LogP contribution in [0.5, 0.6) is 0 Å². The average Bonchev–Trinajstić information content (AvgIpc) is 3.24. The zero-order valence-electron chi connectivity index (χ0n) is 15.4. The van der Waals surface area contributed by atoms with Crippen molar-refractivity contribution in [2.75, 3.05) is 31.1 Å². The minimum absolute atomic E-state index is 0.0895. The maximum absolute atomic E-state index is 12.7. The van der Waals surface area contributed by atoms with Crippen LogP contribution in [0, 0.1) is 11.8 Å². The van der Waals surface area contributed by atoms with Crippen molar-refractivity contribution in [1.29, 1.82) is 0 Å². The molecule has 0 aromatic carbocycles. The van der Waals surface area contributed by atoms with Gasteiger partial charge in [-0.15, -0.1) is 0 Å². The minimum atomic E-state index is -4.42. The molecule has 0 bridgehead atoms. The Balaban J connectivity index is 1.44. The number of halogens is 3. The Morgan fingerprint density at radius 1 is 1.14 bits per heavy atom. The van der Waals surface area contributed by atoms with E-state index in [1.165, 1.54) is 13.1 Å². The predicted octanol–water partition coefficient (Wildman–Crippen LogP) is 0.696. The van der Waals surface area contributed by atoms with Crippen LogP contribution in [-0.2, 0) is 13.2 Å². The van der Waals surface area contributed by atoms with E-state index in [1.807, 2.05) is 4.90 Å². The molecule has 29 heavy (non-hydrogen) atoms. The van der Waals surface area contributed by atoms with Crippen molar-refractivity contribution in [3.05, 3.63) is 56.5 Å². The summed E-state index contributed by atoms with van der Waals surface area (Å²) in [6.45, 7) is 2.00. The third-order valence-electron chi connectivity index (χ3n) is 5.58. The highest BCUT2D eigenvalue weighted by Crippen LogP contribution is 2.35. The van der Waals surface area contributed by atoms with Crippen LogP contribution in [0.4, 0.5) is 19.0 Å². The fourth-order valence-corrected chi connectivity index (χ4v) is 3.98. The average molecular weight is 409 g/mol. The Kier molecular flexibility index (Phi) is 4.47. The Hall–Kier alpha value is -3.11. The molecule has 2 aliphatic rings. The SMILES string of the molecule is Cn1c(=O)[nH]cc(C(=O)N2CC3CN(c4ccc(C(F)(F)F)cn4)CC3C2)c1=O. The van der Waals surface area contributed by atoms with E-state index in [2.05, 4.69) is 9.97 Å². The van der Waals surface area contributed by atoms with Crippen molar-refractivity contribution < 1.29 is 18.0 Å². The number of anilines is 1. The molecule has 4 rings (SSSR count). The largest absolute Gasteiger partial charge is 0.417 e. The Morgan fingerprint density at radius 2 is 1.79 bits per heavy atom. The molecule has 4 heterocycles. The lowest BCUT2D eigenvalue weighted by Crippen LogP contribution is -2.41. The van der Waals surface area contributed by atoms with Gasteiger partial charge in [0.15, 0.2) is 0 Å². The van der Waals surface area contributed by atoms with Gasteiger partial charge in [0.05, 0.1) is 5.56 Å². The number of likely N-dealkylation sites (tertiary alicyclic amines) is 1. The highest BCUT2D eigenvalue weighted by Gasteiger charge is 2.42. The van der Waals surface area contributed by atoms with Crippen LogP contribution < -0.4 is 16.1 Å². The summed E-state index contributed by atoms with van der Waals surface area (Å²) in [5.74, 6) is 0.305. The molecule has 1 N–H and O–H groups in total. The number of aromatic nitrogens is 3. The van der Waals surface area contributed by atoms with Crippen molar-refractivity contribution in [3.63, 3.8) is 0 Å². The van der Waals surface area contributed by atoms with Gasteiger partial charge in [0.2, 0.25) is 0 Å². The third-order valence-corrected chi connectivity index (χ3v) is 5.58. The van der Waals surface area contributed by atoms with Crippen LogP contribution >= 0.6 is 0 Å². The summed E-state index contributed by atoms with van der Waals surface area (Å²) in [6, 6.07) is 2.37. The Labute approximate surface area is 162 Å². The minimum Gasteiger partial charge on any atom is -0.356 e.